The van der Waals surface area contributed by atoms with Crippen LogP contribution >= 0.6 is 0 Å². The normalized spacial score (nSPS) is 10.5. The molecule has 0 fully saturated rings. The molecule has 0 atom stereocenters. The molecular formula is C10H10N2O. The maximum absolute atomic E-state index is 11.0. The quantitative estimate of drug-likeness (QED) is 0.651. The van der Waals surface area contributed by atoms with Crippen LogP contribution in [0, 0.1) is 6.92 Å². The maximum Gasteiger partial charge on any atom is 0.323 e. The summed E-state index contributed by atoms with van der Waals surface area (Å²) < 4.78 is 1.46. The molecule has 0 saturated carbocycles. The van der Waals surface area contributed by atoms with Gasteiger partial charge in [0.25, 0.3) is 0 Å². The number of amides is 1. The number of aromatic nitrogens is 1. The lowest BCUT2D eigenvalue weighted by Crippen LogP contribution is -2.19. The fourth-order valence-electron chi connectivity index (χ4n) is 1.53. The second-order valence-corrected chi connectivity index (χ2v) is 3.01. The van der Waals surface area contributed by atoms with Gasteiger partial charge in [0.05, 0.1) is 0 Å². The highest BCUT2D eigenvalue weighted by atomic mass is 16.2. The monoisotopic (exact) mass is 174 g/mol. The molecule has 2 N–H and O–H groups in total. The molecule has 2 rings (SSSR count). The number of fused-ring (bicyclic) bond motifs is 1. The minimum absolute atomic E-state index is 0.436. The van der Waals surface area contributed by atoms with Crippen LogP contribution in [-0.2, 0) is 0 Å². The van der Waals surface area contributed by atoms with E-state index in [2.05, 4.69) is 0 Å². The third-order valence-electron chi connectivity index (χ3n) is 2.22. The SMILES string of the molecule is Cc1c2ccccc2cn1C(N)=O. The molecule has 0 unspecified atom stereocenters. The summed E-state index contributed by atoms with van der Waals surface area (Å²) in [7, 11) is 0. The van der Waals surface area contributed by atoms with Crippen LogP contribution in [0.1, 0.15) is 5.69 Å². The Bertz CT molecular complexity index is 471. The van der Waals surface area contributed by atoms with Gasteiger partial charge in [-0.3, -0.25) is 4.57 Å². The van der Waals surface area contributed by atoms with Gasteiger partial charge in [-0.15, -0.1) is 0 Å². The van der Waals surface area contributed by atoms with E-state index in [1.807, 2.05) is 31.2 Å². The van der Waals surface area contributed by atoms with Crippen LogP contribution in [0.3, 0.4) is 0 Å². The van der Waals surface area contributed by atoms with E-state index in [0.717, 1.165) is 16.5 Å². The molecule has 13 heavy (non-hydrogen) atoms. The largest absolute Gasteiger partial charge is 0.351 e. The van der Waals surface area contributed by atoms with Gasteiger partial charge in [0.2, 0.25) is 0 Å². The number of hydrogen-bond donors (Lipinski definition) is 1. The summed E-state index contributed by atoms with van der Waals surface area (Å²) in [5.74, 6) is 0. The van der Waals surface area contributed by atoms with Crippen LogP contribution in [0.4, 0.5) is 4.79 Å². The van der Waals surface area contributed by atoms with Gasteiger partial charge in [-0.1, -0.05) is 24.3 Å². The Morgan fingerprint density at radius 1 is 1.38 bits per heavy atom. The third-order valence-corrected chi connectivity index (χ3v) is 2.22. The molecule has 1 aromatic heterocycles. The van der Waals surface area contributed by atoms with Crippen molar-refractivity contribution in [3.8, 4) is 0 Å². The molecule has 66 valence electrons. The fourth-order valence-corrected chi connectivity index (χ4v) is 1.53. The van der Waals surface area contributed by atoms with Crippen molar-refractivity contribution in [3.63, 3.8) is 0 Å². The first-order valence-corrected chi connectivity index (χ1v) is 4.06. The molecule has 0 aliphatic carbocycles. The van der Waals surface area contributed by atoms with Gasteiger partial charge in [0, 0.05) is 22.7 Å². The Morgan fingerprint density at radius 3 is 2.69 bits per heavy atom. The van der Waals surface area contributed by atoms with Gasteiger partial charge in [0.1, 0.15) is 0 Å². The summed E-state index contributed by atoms with van der Waals surface area (Å²) in [5.41, 5.74) is 6.09. The lowest BCUT2D eigenvalue weighted by molar-refractivity contribution is 0.250. The summed E-state index contributed by atoms with van der Waals surface area (Å²) in [6.07, 6.45) is 1.76. The maximum atomic E-state index is 11.0. The Hall–Kier alpha value is -1.77. The van der Waals surface area contributed by atoms with Crippen molar-refractivity contribution in [1.82, 2.24) is 4.57 Å². The number of carbonyl (C=O) groups excluding carboxylic acids is 1. The van der Waals surface area contributed by atoms with Crippen molar-refractivity contribution in [2.24, 2.45) is 5.73 Å². The van der Waals surface area contributed by atoms with E-state index in [-0.39, 0.29) is 0 Å². The van der Waals surface area contributed by atoms with Crippen LogP contribution in [0.2, 0.25) is 0 Å². The second-order valence-electron chi connectivity index (χ2n) is 3.01. The van der Waals surface area contributed by atoms with Gasteiger partial charge in [-0.05, 0) is 6.92 Å². The Kier molecular flexibility index (Phi) is 1.59. The number of primary amides is 1. The molecule has 0 spiro atoms. The van der Waals surface area contributed by atoms with Crippen LogP contribution in [0.5, 0.6) is 0 Å². The predicted octanol–water partition coefficient (Wildman–Crippen LogP) is 1.88. The van der Waals surface area contributed by atoms with Crippen molar-refractivity contribution in [2.45, 2.75) is 6.92 Å². The lowest BCUT2D eigenvalue weighted by atomic mass is 10.2. The molecule has 3 heteroatoms. The highest BCUT2D eigenvalue weighted by Gasteiger charge is 2.06. The van der Waals surface area contributed by atoms with E-state index in [1.54, 1.807) is 6.20 Å². The van der Waals surface area contributed by atoms with Crippen LogP contribution in [0.25, 0.3) is 10.8 Å². The van der Waals surface area contributed by atoms with Crippen molar-refractivity contribution in [2.75, 3.05) is 0 Å². The second kappa shape index (κ2) is 2.62. The smallest absolute Gasteiger partial charge is 0.323 e. The van der Waals surface area contributed by atoms with E-state index < -0.39 is 6.03 Å². The molecule has 0 radical (unpaired) electrons. The zero-order chi connectivity index (χ0) is 9.42. The standard InChI is InChI=1S/C10H10N2O/c1-7-9-5-3-2-4-8(9)6-12(7)10(11)13/h2-6H,1H3,(H2,11,13). The average Bonchev–Trinajstić information content (AvgIpc) is 2.45. The first kappa shape index (κ1) is 7.86. The Labute approximate surface area is 75.8 Å². The molecule has 3 nitrogen and oxygen atoms in total. The number of rotatable bonds is 0. The number of hydrogen-bond acceptors (Lipinski definition) is 1. The number of nitrogens with two attached hydrogens (primary N) is 1. The molecule has 0 bridgehead atoms. The number of benzene rings is 1. The number of aryl methyl sites for hydroxylation is 1. The summed E-state index contributed by atoms with van der Waals surface area (Å²) in [4.78, 5) is 11.0. The highest BCUT2D eigenvalue weighted by Crippen LogP contribution is 2.19. The topological polar surface area (TPSA) is 48.0 Å². The van der Waals surface area contributed by atoms with E-state index in [1.165, 1.54) is 4.57 Å². The zero-order valence-corrected chi connectivity index (χ0v) is 7.32. The minimum atomic E-state index is -0.436. The molecular weight excluding hydrogens is 164 g/mol. The lowest BCUT2D eigenvalue weighted by Gasteiger charge is -1.97. The molecule has 1 heterocycles. The predicted molar refractivity (Wildman–Crippen MR) is 51.7 cm³/mol. The Morgan fingerprint density at radius 2 is 2.08 bits per heavy atom. The summed E-state index contributed by atoms with van der Waals surface area (Å²) in [6, 6.07) is 7.38. The fraction of sp³-hybridized carbons (Fsp3) is 0.100. The van der Waals surface area contributed by atoms with Crippen molar-refractivity contribution >= 4 is 16.8 Å². The van der Waals surface area contributed by atoms with Crippen LogP contribution < -0.4 is 5.73 Å². The van der Waals surface area contributed by atoms with Gasteiger partial charge in [-0.25, -0.2) is 4.79 Å². The van der Waals surface area contributed by atoms with E-state index in [0.29, 0.717) is 0 Å². The van der Waals surface area contributed by atoms with Gasteiger partial charge in [-0.2, -0.15) is 0 Å². The highest BCUT2D eigenvalue weighted by molar-refractivity contribution is 5.90. The first-order chi connectivity index (χ1) is 6.20. The van der Waals surface area contributed by atoms with E-state index in [9.17, 15) is 4.79 Å². The van der Waals surface area contributed by atoms with Crippen molar-refractivity contribution < 1.29 is 4.79 Å². The number of carbonyl (C=O) groups is 1. The van der Waals surface area contributed by atoms with Crippen LogP contribution in [-0.4, -0.2) is 10.6 Å². The molecule has 2 aromatic rings. The van der Waals surface area contributed by atoms with Crippen molar-refractivity contribution in [1.29, 1.82) is 0 Å². The average molecular weight is 174 g/mol. The zero-order valence-electron chi connectivity index (χ0n) is 7.32. The number of nitrogens with zero attached hydrogens (tertiary/aromatic N) is 1. The minimum Gasteiger partial charge on any atom is -0.351 e. The molecule has 0 saturated heterocycles. The molecule has 1 amide bonds. The summed E-state index contributed by atoms with van der Waals surface area (Å²) in [5, 5.41) is 2.11. The van der Waals surface area contributed by atoms with Gasteiger partial charge < -0.3 is 5.73 Å². The first-order valence-electron chi connectivity index (χ1n) is 4.06. The van der Waals surface area contributed by atoms with Gasteiger partial charge >= 0.3 is 6.03 Å². The molecule has 1 aromatic carbocycles. The van der Waals surface area contributed by atoms with Crippen molar-refractivity contribution in [3.05, 3.63) is 36.2 Å². The summed E-state index contributed by atoms with van der Waals surface area (Å²) >= 11 is 0. The van der Waals surface area contributed by atoms with Gasteiger partial charge in [0.15, 0.2) is 0 Å². The van der Waals surface area contributed by atoms with Crippen LogP contribution in [0.15, 0.2) is 30.5 Å². The third kappa shape index (κ3) is 1.09. The molecule has 0 aliphatic heterocycles. The molecule has 0 aliphatic rings. The van der Waals surface area contributed by atoms with E-state index in [4.69, 9.17) is 5.73 Å². The summed E-state index contributed by atoms with van der Waals surface area (Å²) in [6.45, 7) is 1.88. The van der Waals surface area contributed by atoms with E-state index >= 15 is 0 Å². The Balaban J connectivity index is 2.81.